The van der Waals surface area contributed by atoms with Gasteiger partial charge >= 0.3 is 0 Å². The number of aliphatic hydroxyl groups is 2. The number of methoxy groups -OCH3 is 1. The van der Waals surface area contributed by atoms with E-state index in [0.29, 0.717) is 8.73 Å². The number of amides is 2. The molecule has 2 aromatic carbocycles. The summed E-state index contributed by atoms with van der Waals surface area (Å²) in [4.78, 5) is 22.6. The fourth-order valence-corrected chi connectivity index (χ4v) is 2.40. The molecule has 3 atom stereocenters. The van der Waals surface area contributed by atoms with Crippen molar-refractivity contribution in [2.45, 2.75) is 33.4 Å². The maximum atomic E-state index is 11.5. The van der Waals surface area contributed by atoms with Crippen molar-refractivity contribution in [3.63, 3.8) is 0 Å². The molecular formula is C24H45N4O5P. The minimum atomic E-state index is -0.467. The fourth-order valence-electron chi connectivity index (χ4n) is 1.83. The Bertz CT molecular complexity index is 692. The average Bonchev–Trinajstić information content (AvgIpc) is 2.84. The Kier molecular flexibility index (Phi) is 32.7. The number of carbonyl (C=O) groups is 2. The molecule has 196 valence electrons. The molecule has 0 radical (unpaired) electrons. The molecule has 2 rings (SSSR count). The van der Waals surface area contributed by atoms with Crippen molar-refractivity contribution in [1.29, 1.82) is 0 Å². The average molecular weight is 501 g/mol. The van der Waals surface area contributed by atoms with E-state index in [9.17, 15) is 9.59 Å². The van der Waals surface area contributed by atoms with E-state index >= 15 is 0 Å². The number of carbonyl (C=O) groups excluding carboxylic acids is 2. The highest BCUT2D eigenvalue weighted by molar-refractivity contribution is 7.34. The third-order valence-electron chi connectivity index (χ3n) is 3.25. The van der Waals surface area contributed by atoms with Crippen molar-refractivity contribution in [3.05, 3.63) is 60.7 Å². The van der Waals surface area contributed by atoms with E-state index in [4.69, 9.17) is 15.9 Å². The van der Waals surface area contributed by atoms with E-state index < -0.39 is 6.04 Å². The SMILES string of the molecule is C.CC(N)C(=O)Nc1ccccc1.CO.CO.COC.CPNC(C)C(=O)Nc1ccccc1. The summed E-state index contributed by atoms with van der Waals surface area (Å²) in [6, 6.07) is 18.1. The van der Waals surface area contributed by atoms with E-state index in [-0.39, 0.29) is 25.3 Å². The van der Waals surface area contributed by atoms with E-state index in [1.807, 2.05) is 74.3 Å². The van der Waals surface area contributed by atoms with Gasteiger partial charge in [0.05, 0.1) is 12.1 Å². The van der Waals surface area contributed by atoms with Gasteiger partial charge in [-0.3, -0.25) is 14.7 Å². The van der Waals surface area contributed by atoms with Crippen molar-refractivity contribution in [3.8, 4) is 0 Å². The number of rotatable bonds is 6. The Hall–Kier alpha value is -2.39. The maximum Gasteiger partial charge on any atom is 0.241 e. The first kappa shape index (κ1) is 38.9. The lowest BCUT2D eigenvalue weighted by Crippen LogP contribution is -2.33. The van der Waals surface area contributed by atoms with Crippen LogP contribution in [0.1, 0.15) is 21.3 Å². The molecule has 0 aliphatic heterocycles. The molecule has 0 saturated heterocycles. The quantitative estimate of drug-likeness (QED) is 0.334. The smallest absolute Gasteiger partial charge is 0.241 e. The normalized spacial score (nSPS) is 10.5. The molecule has 2 aromatic rings. The maximum absolute atomic E-state index is 11.5. The van der Waals surface area contributed by atoms with Crippen LogP contribution in [0.4, 0.5) is 11.4 Å². The highest BCUT2D eigenvalue weighted by Gasteiger charge is 2.10. The molecule has 3 unspecified atom stereocenters. The molecule has 9 nitrogen and oxygen atoms in total. The molecule has 0 spiro atoms. The second-order valence-electron chi connectivity index (χ2n) is 6.02. The number of anilines is 2. The summed E-state index contributed by atoms with van der Waals surface area (Å²) in [5.74, 6) is -0.160. The van der Waals surface area contributed by atoms with E-state index in [2.05, 4.69) is 20.5 Å². The lowest BCUT2D eigenvalue weighted by Gasteiger charge is -2.12. The van der Waals surface area contributed by atoms with E-state index in [0.717, 1.165) is 25.6 Å². The van der Waals surface area contributed by atoms with Crippen LogP contribution in [-0.2, 0) is 14.3 Å². The predicted molar refractivity (Wildman–Crippen MR) is 147 cm³/mol. The van der Waals surface area contributed by atoms with E-state index in [1.54, 1.807) is 21.1 Å². The molecular weight excluding hydrogens is 455 g/mol. The molecule has 0 aromatic heterocycles. The van der Waals surface area contributed by atoms with Crippen molar-refractivity contribution >= 4 is 31.9 Å². The van der Waals surface area contributed by atoms with Gasteiger partial charge in [0, 0.05) is 39.8 Å². The predicted octanol–water partition coefficient (Wildman–Crippen LogP) is 2.91. The van der Waals surface area contributed by atoms with Crippen molar-refractivity contribution in [2.75, 3.05) is 45.7 Å². The van der Waals surface area contributed by atoms with Crippen LogP contribution in [0.3, 0.4) is 0 Å². The fraction of sp³-hybridized carbons (Fsp3) is 0.417. The molecule has 2 amide bonds. The standard InChI is InChI=1S/C10H15N2OP.C9H12N2O.C2H6O.2CH4O.CH4/c1-8(12-14-2)10(13)11-9-6-4-3-5-7-9;1-7(10)9(12)11-8-5-3-2-4-6-8;1-3-2;2*1-2;/h3-8,12,14H,1-2H3,(H,11,13);2-7H,10H2,1H3,(H,11,12);1-2H3;2*2H,1H3;1H4. The molecule has 0 saturated carbocycles. The van der Waals surface area contributed by atoms with Gasteiger partial charge in [-0.25, -0.2) is 0 Å². The zero-order valence-corrected chi connectivity index (χ0v) is 21.6. The Labute approximate surface area is 207 Å². The first-order valence-corrected chi connectivity index (χ1v) is 11.5. The number of aliphatic hydroxyl groups excluding tert-OH is 2. The number of benzene rings is 2. The summed E-state index contributed by atoms with van der Waals surface area (Å²) in [6.45, 7) is 5.51. The number of para-hydroxylation sites is 2. The first-order chi connectivity index (χ1) is 15.8. The molecule has 7 N–H and O–H groups in total. The molecule has 0 aliphatic carbocycles. The third-order valence-corrected chi connectivity index (χ3v) is 3.97. The van der Waals surface area contributed by atoms with Crippen LogP contribution >= 0.6 is 8.73 Å². The third kappa shape index (κ3) is 22.8. The van der Waals surface area contributed by atoms with Crippen LogP contribution in [0.5, 0.6) is 0 Å². The second-order valence-corrected chi connectivity index (χ2v) is 6.81. The van der Waals surface area contributed by atoms with Crippen LogP contribution < -0.4 is 21.5 Å². The second kappa shape index (κ2) is 28.6. The highest BCUT2D eigenvalue weighted by atomic mass is 31.1. The summed E-state index contributed by atoms with van der Waals surface area (Å²) >= 11 is 0. The Morgan fingerprint density at radius 2 is 1.15 bits per heavy atom. The summed E-state index contributed by atoms with van der Waals surface area (Å²) in [5, 5.41) is 22.6. The molecule has 10 heteroatoms. The number of hydrogen-bond acceptors (Lipinski definition) is 7. The lowest BCUT2D eigenvalue weighted by atomic mass is 10.3. The monoisotopic (exact) mass is 500 g/mol. The van der Waals surface area contributed by atoms with Gasteiger partial charge in [-0.1, -0.05) is 52.6 Å². The summed E-state index contributed by atoms with van der Waals surface area (Å²) in [6.07, 6.45) is 0. The van der Waals surface area contributed by atoms with Crippen LogP contribution in [0, 0.1) is 0 Å². The van der Waals surface area contributed by atoms with Crippen molar-refractivity contribution in [1.82, 2.24) is 5.09 Å². The van der Waals surface area contributed by atoms with E-state index in [1.165, 1.54) is 0 Å². The number of hydrogen-bond donors (Lipinski definition) is 6. The Morgan fingerprint density at radius 1 is 0.824 bits per heavy atom. The van der Waals surface area contributed by atoms with Crippen LogP contribution in [0.15, 0.2) is 60.7 Å². The zero-order chi connectivity index (χ0) is 26.1. The van der Waals surface area contributed by atoms with Gasteiger partial charge in [0.15, 0.2) is 0 Å². The minimum absolute atomic E-state index is 0. The lowest BCUT2D eigenvalue weighted by molar-refractivity contribution is -0.117. The number of ether oxygens (including phenoxy) is 1. The minimum Gasteiger partial charge on any atom is -0.400 e. The van der Waals surface area contributed by atoms with Crippen molar-refractivity contribution < 1.29 is 24.5 Å². The molecule has 0 bridgehead atoms. The van der Waals surface area contributed by atoms with Gasteiger partial charge in [0.1, 0.15) is 0 Å². The number of nitrogens with one attached hydrogen (secondary N) is 3. The number of nitrogens with two attached hydrogens (primary N) is 1. The molecule has 0 aliphatic rings. The highest BCUT2D eigenvalue weighted by Crippen LogP contribution is 2.07. The van der Waals surface area contributed by atoms with Crippen molar-refractivity contribution in [2.24, 2.45) is 5.73 Å². The Balaban J connectivity index is -0.000000206. The van der Waals surface area contributed by atoms with Crippen LogP contribution in [-0.4, -0.2) is 69.2 Å². The molecule has 34 heavy (non-hydrogen) atoms. The van der Waals surface area contributed by atoms with Gasteiger partial charge in [0.2, 0.25) is 11.8 Å². The first-order valence-electron chi connectivity index (χ1n) is 10.0. The van der Waals surface area contributed by atoms with Gasteiger partial charge < -0.3 is 31.3 Å². The summed E-state index contributed by atoms with van der Waals surface area (Å²) in [7, 11) is 5.83. The van der Waals surface area contributed by atoms with Gasteiger partial charge in [-0.2, -0.15) is 0 Å². The summed E-state index contributed by atoms with van der Waals surface area (Å²) < 4.78 is 4.25. The Morgan fingerprint density at radius 3 is 1.44 bits per heavy atom. The summed E-state index contributed by atoms with van der Waals surface area (Å²) in [5.41, 5.74) is 6.99. The topological polar surface area (TPSA) is 146 Å². The van der Waals surface area contributed by atoms with Gasteiger partial charge in [-0.15, -0.1) is 0 Å². The van der Waals surface area contributed by atoms with Gasteiger partial charge in [0.25, 0.3) is 0 Å². The van der Waals surface area contributed by atoms with Gasteiger partial charge in [-0.05, 0) is 44.8 Å². The largest absolute Gasteiger partial charge is 0.400 e. The zero-order valence-electron chi connectivity index (χ0n) is 20.6. The van der Waals surface area contributed by atoms with Crippen LogP contribution in [0.2, 0.25) is 0 Å². The van der Waals surface area contributed by atoms with Crippen LogP contribution in [0.25, 0.3) is 0 Å². The molecule has 0 fully saturated rings. The molecule has 0 heterocycles.